The van der Waals surface area contributed by atoms with Crippen molar-refractivity contribution in [2.75, 3.05) is 20.0 Å². The van der Waals surface area contributed by atoms with E-state index in [1.54, 1.807) is 20.3 Å². The second-order valence-electron chi connectivity index (χ2n) is 7.39. The molecule has 5 nitrogen and oxygen atoms in total. The summed E-state index contributed by atoms with van der Waals surface area (Å²) in [6.07, 6.45) is 8.80. The Bertz CT molecular complexity index is 1030. The summed E-state index contributed by atoms with van der Waals surface area (Å²) in [5, 5.41) is 9.33. The lowest BCUT2D eigenvalue weighted by molar-refractivity contribution is 0.209. The van der Waals surface area contributed by atoms with E-state index in [0.29, 0.717) is 35.3 Å². The molecule has 1 aliphatic carbocycles. The Hall–Kier alpha value is -3.39. The zero-order chi connectivity index (χ0) is 20.4. The van der Waals surface area contributed by atoms with Gasteiger partial charge in [0.25, 0.3) is 0 Å². The van der Waals surface area contributed by atoms with Gasteiger partial charge < -0.3 is 19.9 Å². The molecule has 1 atom stereocenters. The highest BCUT2D eigenvalue weighted by molar-refractivity contribution is 5.77. The van der Waals surface area contributed by atoms with Crippen molar-refractivity contribution in [1.29, 1.82) is 5.26 Å². The maximum absolute atomic E-state index is 9.33. The van der Waals surface area contributed by atoms with E-state index in [0.717, 1.165) is 22.3 Å². The summed E-state index contributed by atoms with van der Waals surface area (Å²) < 4.78 is 17.5. The second kappa shape index (κ2) is 7.92. The average molecular weight is 388 g/mol. The highest BCUT2D eigenvalue weighted by atomic mass is 16.5. The van der Waals surface area contributed by atoms with Crippen LogP contribution in [-0.4, -0.2) is 20.3 Å². The van der Waals surface area contributed by atoms with E-state index < -0.39 is 0 Å². The zero-order valence-corrected chi connectivity index (χ0v) is 16.6. The third kappa shape index (κ3) is 3.79. The summed E-state index contributed by atoms with van der Waals surface area (Å²) in [7, 11) is 3.24. The fraction of sp³-hybridized carbons (Fsp3) is 0.292. The lowest BCUT2D eigenvalue weighted by Gasteiger charge is -2.26. The van der Waals surface area contributed by atoms with Gasteiger partial charge in [0, 0.05) is 17.3 Å². The summed E-state index contributed by atoms with van der Waals surface area (Å²) in [4.78, 5) is 0. The Morgan fingerprint density at radius 2 is 2.10 bits per heavy atom. The van der Waals surface area contributed by atoms with E-state index in [-0.39, 0.29) is 6.10 Å². The lowest BCUT2D eigenvalue weighted by Crippen LogP contribution is -2.20. The van der Waals surface area contributed by atoms with E-state index >= 15 is 0 Å². The first-order valence-electron chi connectivity index (χ1n) is 9.72. The summed E-state index contributed by atoms with van der Waals surface area (Å²) in [5.74, 6) is 2.51. The van der Waals surface area contributed by atoms with Crippen molar-refractivity contribution in [3.8, 4) is 23.3 Å². The molecule has 1 heterocycles. The number of allylic oxidation sites excluding steroid dienone is 2. The molecule has 2 aromatic carbocycles. The maximum Gasteiger partial charge on any atom is 0.203 e. The molecule has 5 heteroatoms. The molecule has 4 rings (SSSR count). The van der Waals surface area contributed by atoms with Gasteiger partial charge in [-0.2, -0.15) is 5.26 Å². The van der Waals surface area contributed by atoms with Gasteiger partial charge in [-0.3, -0.25) is 0 Å². The van der Waals surface area contributed by atoms with Crippen molar-refractivity contribution in [3.63, 3.8) is 0 Å². The first kappa shape index (κ1) is 18.9. The van der Waals surface area contributed by atoms with Gasteiger partial charge >= 0.3 is 0 Å². The number of nitriles is 1. The molecule has 1 aliphatic heterocycles. The largest absolute Gasteiger partial charge is 0.493 e. The van der Waals surface area contributed by atoms with E-state index in [4.69, 9.17) is 19.9 Å². The van der Waals surface area contributed by atoms with Crippen LogP contribution >= 0.6 is 0 Å². The standard InChI is InChI=1S/C24H24N2O3/c1-27-22-14-18(12-17(10-11-25)16-4-3-5-19(26)13-16)20-8-9-21(15-6-7-15)29-23(20)24(22)28-2/h3-5,8-10,13-15,21H,6-7,12,26H2,1-2H3. The van der Waals surface area contributed by atoms with Crippen molar-refractivity contribution in [3.05, 3.63) is 59.2 Å². The predicted molar refractivity (Wildman–Crippen MR) is 114 cm³/mol. The van der Waals surface area contributed by atoms with Crippen molar-refractivity contribution < 1.29 is 14.2 Å². The molecule has 1 fully saturated rings. The topological polar surface area (TPSA) is 77.5 Å². The highest BCUT2D eigenvalue weighted by Crippen LogP contribution is 2.48. The average Bonchev–Trinajstić information content (AvgIpc) is 3.58. The Morgan fingerprint density at radius 3 is 2.76 bits per heavy atom. The summed E-state index contributed by atoms with van der Waals surface area (Å²) in [6, 6.07) is 11.7. The molecule has 0 saturated heterocycles. The van der Waals surface area contributed by atoms with E-state index in [1.165, 1.54) is 12.8 Å². The molecule has 0 radical (unpaired) electrons. The van der Waals surface area contributed by atoms with Crippen molar-refractivity contribution in [2.45, 2.75) is 25.4 Å². The number of ether oxygens (including phenoxy) is 3. The molecule has 1 unspecified atom stereocenters. The van der Waals surface area contributed by atoms with E-state index in [2.05, 4.69) is 18.2 Å². The molecule has 2 aliphatic rings. The number of anilines is 1. The summed E-state index contributed by atoms with van der Waals surface area (Å²) >= 11 is 0. The normalized spacial score (nSPS) is 17.8. The molecular weight excluding hydrogens is 364 g/mol. The number of nitrogens with zero attached hydrogens (tertiary/aromatic N) is 1. The van der Waals surface area contributed by atoms with Crippen LogP contribution in [0, 0.1) is 17.2 Å². The second-order valence-corrected chi connectivity index (χ2v) is 7.39. The number of hydrogen-bond acceptors (Lipinski definition) is 5. The Kier molecular flexibility index (Phi) is 5.18. The summed E-state index contributed by atoms with van der Waals surface area (Å²) in [6.45, 7) is 0. The minimum atomic E-state index is 0.0689. The first-order valence-corrected chi connectivity index (χ1v) is 9.72. The zero-order valence-electron chi connectivity index (χ0n) is 16.6. The smallest absolute Gasteiger partial charge is 0.203 e. The number of benzene rings is 2. The SMILES string of the molecule is COc1cc(CC(=CC#N)c2cccc(N)c2)c2c(c1OC)OC(C1CC1)C=C2. The van der Waals surface area contributed by atoms with Gasteiger partial charge in [0.15, 0.2) is 11.5 Å². The molecule has 2 N–H and O–H groups in total. The highest BCUT2D eigenvalue weighted by Gasteiger charge is 2.35. The Morgan fingerprint density at radius 1 is 1.28 bits per heavy atom. The minimum Gasteiger partial charge on any atom is -0.493 e. The van der Waals surface area contributed by atoms with Crippen LogP contribution < -0.4 is 19.9 Å². The maximum atomic E-state index is 9.33. The van der Waals surface area contributed by atoms with Crippen molar-refractivity contribution >= 4 is 17.3 Å². The monoisotopic (exact) mass is 388 g/mol. The number of fused-ring (bicyclic) bond motifs is 1. The summed E-state index contributed by atoms with van der Waals surface area (Å²) in [5.41, 5.74) is 10.4. The van der Waals surface area contributed by atoms with Gasteiger partial charge in [-0.05, 0) is 66.2 Å². The number of rotatable bonds is 6. The molecule has 2 aromatic rings. The van der Waals surface area contributed by atoms with Crippen LogP contribution in [0.1, 0.15) is 29.5 Å². The van der Waals surface area contributed by atoms with Crippen LogP contribution in [-0.2, 0) is 6.42 Å². The molecule has 148 valence electrons. The molecule has 0 bridgehead atoms. The molecular formula is C24H24N2O3. The lowest BCUT2D eigenvalue weighted by atomic mass is 9.92. The van der Waals surface area contributed by atoms with Gasteiger partial charge in [0.1, 0.15) is 6.10 Å². The van der Waals surface area contributed by atoms with E-state index in [9.17, 15) is 5.26 Å². The molecule has 0 aromatic heterocycles. The van der Waals surface area contributed by atoms with Crippen molar-refractivity contribution in [1.82, 2.24) is 0 Å². The molecule has 1 saturated carbocycles. The van der Waals surface area contributed by atoms with Crippen molar-refractivity contribution in [2.24, 2.45) is 5.92 Å². The van der Waals surface area contributed by atoms with Crippen LogP contribution in [0.2, 0.25) is 0 Å². The third-order valence-electron chi connectivity index (χ3n) is 5.42. The number of methoxy groups -OCH3 is 2. The van der Waals surface area contributed by atoms with Gasteiger partial charge in [0.05, 0.1) is 20.3 Å². The molecule has 29 heavy (non-hydrogen) atoms. The van der Waals surface area contributed by atoms with Crippen LogP contribution in [0.25, 0.3) is 11.6 Å². The van der Waals surface area contributed by atoms with Crippen LogP contribution in [0.15, 0.2) is 42.5 Å². The minimum absolute atomic E-state index is 0.0689. The number of nitrogens with two attached hydrogens (primary N) is 1. The third-order valence-corrected chi connectivity index (χ3v) is 5.42. The van der Waals surface area contributed by atoms with Crippen LogP contribution in [0.3, 0.4) is 0 Å². The van der Waals surface area contributed by atoms with Crippen LogP contribution in [0.5, 0.6) is 17.2 Å². The van der Waals surface area contributed by atoms with E-state index in [1.807, 2.05) is 30.3 Å². The number of hydrogen-bond donors (Lipinski definition) is 1. The molecule has 0 spiro atoms. The Labute approximate surface area is 171 Å². The molecule has 0 amide bonds. The fourth-order valence-corrected chi connectivity index (χ4v) is 3.77. The van der Waals surface area contributed by atoms with Gasteiger partial charge in [0.2, 0.25) is 5.75 Å². The first-order chi connectivity index (χ1) is 14.1. The quantitative estimate of drug-likeness (QED) is 0.577. The fourth-order valence-electron chi connectivity index (χ4n) is 3.77. The van der Waals surface area contributed by atoms with Gasteiger partial charge in [-0.25, -0.2) is 0 Å². The predicted octanol–water partition coefficient (Wildman–Crippen LogP) is 4.62. The van der Waals surface area contributed by atoms with Gasteiger partial charge in [-0.1, -0.05) is 18.2 Å². The van der Waals surface area contributed by atoms with Crippen LogP contribution in [0.4, 0.5) is 5.69 Å². The Balaban J connectivity index is 1.78. The number of nitrogen functional groups attached to an aromatic ring is 1. The van der Waals surface area contributed by atoms with Gasteiger partial charge in [-0.15, -0.1) is 0 Å².